The second-order valence-corrected chi connectivity index (χ2v) is 5.72. The lowest BCUT2D eigenvalue weighted by Gasteiger charge is -2.32. The molecule has 0 spiro atoms. The average Bonchev–Trinajstić information content (AvgIpc) is 2.97. The SMILES string of the molecule is CCCN1CCC(NC(=O)c2ccc3nc[nH]c3c2)CC1. The van der Waals surface area contributed by atoms with Crippen LogP contribution in [0, 0.1) is 0 Å². The van der Waals surface area contributed by atoms with E-state index in [1.807, 2.05) is 18.2 Å². The highest BCUT2D eigenvalue weighted by Crippen LogP contribution is 2.14. The number of carbonyl (C=O) groups excluding carboxylic acids is 1. The van der Waals surface area contributed by atoms with Crippen LogP contribution in [0.1, 0.15) is 36.5 Å². The molecule has 1 aromatic carbocycles. The van der Waals surface area contributed by atoms with Gasteiger partial charge in [-0.15, -0.1) is 0 Å². The Balaban J connectivity index is 1.59. The summed E-state index contributed by atoms with van der Waals surface area (Å²) in [6, 6.07) is 5.88. The number of hydrogen-bond donors (Lipinski definition) is 2. The van der Waals surface area contributed by atoms with Crippen molar-refractivity contribution in [1.82, 2.24) is 20.2 Å². The molecule has 1 aromatic heterocycles. The molecule has 1 aliphatic rings. The summed E-state index contributed by atoms with van der Waals surface area (Å²) in [5, 5.41) is 3.15. The van der Waals surface area contributed by atoms with Gasteiger partial charge in [0.15, 0.2) is 0 Å². The molecule has 3 rings (SSSR count). The molecule has 112 valence electrons. The minimum atomic E-state index is 0.0143. The number of benzene rings is 1. The Morgan fingerprint density at radius 1 is 1.43 bits per heavy atom. The molecule has 5 nitrogen and oxygen atoms in total. The summed E-state index contributed by atoms with van der Waals surface area (Å²) < 4.78 is 0. The number of nitrogens with zero attached hydrogens (tertiary/aromatic N) is 2. The van der Waals surface area contributed by atoms with Crippen molar-refractivity contribution in [2.75, 3.05) is 19.6 Å². The molecule has 0 radical (unpaired) electrons. The molecule has 2 aromatic rings. The predicted molar refractivity (Wildman–Crippen MR) is 83.3 cm³/mol. The first-order valence-electron chi connectivity index (χ1n) is 7.72. The van der Waals surface area contributed by atoms with Crippen LogP contribution in [0.2, 0.25) is 0 Å². The van der Waals surface area contributed by atoms with Gasteiger partial charge < -0.3 is 15.2 Å². The number of rotatable bonds is 4. The Bertz CT molecular complexity index is 614. The Labute approximate surface area is 124 Å². The highest BCUT2D eigenvalue weighted by atomic mass is 16.1. The lowest BCUT2D eigenvalue weighted by Crippen LogP contribution is -2.44. The van der Waals surface area contributed by atoms with Crippen molar-refractivity contribution in [2.24, 2.45) is 0 Å². The Morgan fingerprint density at radius 2 is 2.24 bits per heavy atom. The zero-order chi connectivity index (χ0) is 14.7. The van der Waals surface area contributed by atoms with Crippen molar-refractivity contribution in [3.05, 3.63) is 30.1 Å². The number of hydrogen-bond acceptors (Lipinski definition) is 3. The molecule has 1 fully saturated rings. The van der Waals surface area contributed by atoms with E-state index in [0.717, 1.165) is 43.5 Å². The molecule has 2 heterocycles. The third-order valence-electron chi connectivity index (χ3n) is 4.15. The highest BCUT2D eigenvalue weighted by Gasteiger charge is 2.20. The standard InChI is InChI=1S/C16H22N4O/c1-2-7-20-8-5-13(6-9-20)19-16(21)12-3-4-14-15(10-12)18-11-17-14/h3-4,10-11,13H,2,5-9H2,1H3,(H,17,18)(H,19,21). The Kier molecular flexibility index (Phi) is 4.20. The van der Waals surface area contributed by atoms with Crippen LogP contribution in [0.15, 0.2) is 24.5 Å². The highest BCUT2D eigenvalue weighted by molar-refractivity contribution is 5.97. The number of aromatic nitrogens is 2. The minimum absolute atomic E-state index is 0.0143. The van der Waals surface area contributed by atoms with Crippen LogP contribution in [-0.2, 0) is 0 Å². The Morgan fingerprint density at radius 3 is 3.00 bits per heavy atom. The summed E-state index contributed by atoms with van der Waals surface area (Å²) in [6.07, 6.45) is 4.92. The van der Waals surface area contributed by atoms with Crippen LogP contribution >= 0.6 is 0 Å². The van der Waals surface area contributed by atoms with Gasteiger partial charge in [-0.3, -0.25) is 4.79 Å². The fourth-order valence-electron chi connectivity index (χ4n) is 2.96. The summed E-state index contributed by atoms with van der Waals surface area (Å²) in [7, 11) is 0. The van der Waals surface area contributed by atoms with Gasteiger partial charge in [-0.05, 0) is 44.0 Å². The lowest BCUT2D eigenvalue weighted by molar-refractivity contribution is 0.0911. The number of piperidine rings is 1. The summed E-state index contributed by atoms with van der Waals surface area (Å²) in [4.78, 5) is 22.0. The molecule has 21 heavy (non-hydrogen) atoms. The number of amides is 1. The van der Waals surface area contributed by atoms with Crippen LogP contribution in [0.25, 0.3) is 11.0 Å². The number of likely N-dealkylation sites (tertiary alicyclic amines) is 1. The first kappa shape index (κ1) is 14.1. The first-order chi connectivity index (χ1) is 10.3. The first-order valence-corrected chi connectivity index (χ1v) is 7.72. The van der Waals surface area contributed by atoms with E-state index in [-0.39, 0.29) is 5.91 Å². The van der Waals surface area contributed by atoms with E-state index in [2.05, 4.69) is 27.1 Å². The van der Waals surface area contributed by atoms with Gasteiger partial charge in [0, 0.05) is 24.7 Å². The normalized spacial score (nSPS) is 17.2. The number of carbonyl (C=O) groups is 1. The summed E-state index contributed by atoms with van der Waals surface area (Å²) >= 11 is 0. The number of nitrogens with one attached hydrogen (secondary N) is 2. The van der Waals surface area contributed by atoms with Crippen molar-refractivity contribution >= 4 is 16.9 Å². The summed E-state index contributed by atoms with van der Waals surface area (Å²) in [5.41, 5.74) is 2.49. The van der Waals surface area contributed by atoms with Gasteiger partial charge in [0.2, 0.25) is 0 Å². The third kappa shape index (κ3) is 3.24. The summed E-state index contributed by atoms with van der Waals surface area (Å²) in [6.45, 7) is 5.54. The van der Waals surface area contributed by atoms with E-state index < -0.39 is 0 Å². The maximum Gasteiger partial charge on any atom is 0.251 e. The minimum Gasteiger partial charge on any atom is -0.349 e. The molecule has 0 bridgehead atoms. The zero-order valence-corrected chi connectivity index (χ0v) is 12.4. The van der Waals surface area contributed by atoms with Crippen molar-refractivity contribution in [2.45, 2.75) is 32.2 Å². The largest absolute Gasteiger partial charge is 0.349 e. The molecule has 0 unspecified atom stereocenters. The molecule has 0 atom stereocenters. The average molecular weight is 286 g/mol. The van der Waals surface area contributed by atoms with Gasteiger partial charge in [-0.2, -0.15) is 0 Å². The molecule has 1 aliphatic heterocycles. The second-order valence-electron chi connectivity index (χ2n) is 5.72. The molecular weight excluding hydrogens is 264 g/mol. The van der Waals surface area contributed by atoms with E-state index in [4.69, 9.17) is 0 Å². The smallest absolute Gasteiger partial charge is 0.251 e. The fraction of sp³-hybridized carbons (Fsp3) is 0.500. The van der Waals surface area contributed by atoms with Crippen LogP contribution in [0.5, 0.6) is 0 Å². The van der Waals surface area contributed by atoms with Crippen molar-refractivity contribution < 1.29 is 4.79 Å². The third-order valence-corrected chi connectivity index (χ3v) is 4.15. The molecule has 0 saturated carbocycles. The van der Waals surface area contributed by atoms with Crippen LogP contribution < -0.4 is 5.32 Å². The van der Waals surface area contributed by atoms with E-state index >= 15 is 0 Å². The van der Waals surface area contributed by atoms with Gasteiger partial charge in [-0.1, -0.05) is 6.92 Å². The molecule has 5 heteroatoms. The lowest BCUT2D eigenvalue weighted by atomic mass is 10.0. The van der Waals surface area contributed by atoms with E-state index in [0.29, 0.717) is 11.6 Å². The zero-order valence-electron chi connectivity index (χ0n) is 12.4. The molecule has 1 amide bonds. The van der Waals surface area contributed by atoms with Crippen LogP contribution in [-0.4, -0.2) is 46.5 Å². The fourth-order valence-corrected chi connectivity index (χ4v) is 2.96. The van der Waals surface area contributed by atoms with Crippen LogP contribution in [0.4, 0.5) is 0 Å². The molecule has 0 aliphatic carbocycles. The van der Waals surface area contributed by atoms with Crippen molar-refractivity contribution in [3.8, 4) is 0 Å². The van der Waals surface area contributed by atoms with E-state index in [1.165, 1.54) is 6.42 Å². The van der Waals surface area contributed by atoms with E-state index in [9.17, 15) is 4.79 Å². The topological polar surface area (TPSA) is 61.0 Å². The maximum atomic E-state index is 12.3. The van der Waals surface area contributed by atoms with Crippen LogP contribution in [0.3, 0.4) is 0 Å². The quantitative estimate of drug-likeness (QED) is 0.905. The number of imidazole rings is 1. The Hall–Kier alpha value is -1.88. The van der Waals surface area contributed by atoms with Gasteiger partial charge in [0.25, 0.3) is 5.91 Å². The monoisotopic (exact) mass is 286 g/mol. The van der Waals surface area contributed by atoms with Crippen molar-refractivity contribution in [1.29, 1.82) is 0 Å². The number of aromatic amines is 1. The van der Waals surface area contributed by atoms with Gasteiger partial charge >= 0.3 is 0 Å². The van der Waals surface area contributed by atoms with Gasteiger partial charge in [-0.25, -0.2) is 4.98 Å². The molecule has 2 N–H and O–H groups in total. The number of H-pyrrole nitrogens is 1. The van der Waals surface area contributed by atoms with E-state index in [1.54, 1.807) is 6.33 Å². The van der Waals surface area contributed by atoms with Gasteiger partial charge in [0.1, 0.15) is 0 Å². The number of fused-ring (bicyclic) bond motifs is 1. The second kappa shape index (κ2) is 6.26. The molecular formula is C16H22N4O. The van der Waals surface area contributed by atoms with Gasteiger partial charge in [0.05, 0.1) is 17.4 Å². The maximum absolute atomic E-state index is 12.3. The molecule has 1 saturated heterocycles. The summed E-state index contributed by atoms with van der Waals surface area (Å²) in [5.74, 6) is 0.0143. The predicted octanol–water partition coefficient (Wildman–Crippen LogP) is 2.17. The van der Waals surface area contributed by atoms with Crippen molar-refractivity contribution in [3.63, 3.8) is 0 Å².